The van der Waals surface area contributed by atoms with E-state index in [0.29, 0.717) is 18.5 Å². The minimum atomic E-state index is -0.0420. The molecule has 1 saturated carbocycles. The summed E-state index contributed by atoms with van der Waals surface area (Å²) >= 11 is 0. The Kier molecular flexibility index (Phi) is 4.98. The molecule has 0 heterocycles. The number of nitrogens with one attached hydrogen (secondary N) is 1. The van der Waals surface area contributed by atoms with Gasteiger partial charge in [-0.1, -0.05) is 38.1 Å². The smallest absolute Gasteiger partial charge is 0.322 e. The van der Waals surface area contributed by atoms with E-state index in [1.54, 1.807) is 0 Å². The molecule has 2 aromatic rings. The summed E-state index contributed by atoms with van der Waals surface area (Å²) in [5.74, 6) is 0.519. The van der Waals surface area contributed by atoms with E-state index in [-0.39, 0.29) is 6.03 Å². The minimum absolute atomic E-state index is 0.0420. The first kappa shape index (κ1) is 17.3. The highest BCUT2D eigenvalue weighted by molar-refractivity contribution is 5.90. The highest BCUT2D eigenvalue weighted by Crippen LogP contribution is 2.29. The Balaban J connectivity index is 1.70. The lowest BCUT2D eigenvalue weighted by molar-refractivity contribution is 0.206. The van der Waals surface area contributed by atoms with Gasteiger partial charge in [0, 0.05) is 24.0 Å². The van der Waals surface area contributed by atoms with Crippen LogP contribution in [0.3, 0.4) is 0 Å². The molecule has 0 spiro atoms. The summed E-state index contributed by atoms with van der Waals surface area (Å²) in [4.78, 5) is 14.7. The molecular formula is C21H27N3O. The number of carbonyl (C=O) groups excluding carboxylic acids is 1. The van der Waals surface area contributed by atoms with Gasteiger partial charge in [0.1, 0.15) is 0 Å². The van der Waals surface area contributed by atoms with Crippen molar-refractivity contribution in [3.05, 3.63) is 59.2 Å². The molecular weight excluding hydrogens is 310 g/mol. The van der Waals surface area contributed by atoms with E-state index in [2.05, 4.69) is 43.4 Å². The molecule has 3 N–H and O–H groups in total. The van der Waals surface area contributed by atoms with Gasteiger partial charge in [-0.05, 0) is 60.6 Å². The van der Waals surface area contributed by atoms with Gasteiger partial charge in [0.25, 0.3) is 0 Å². The third-order valence-electron chi connectivity index (χ3n) is 4.77. The highest BCUT2D eigenvalue weighted by atomic mass is 16.2. The van der Waals surface area contributed by atoms with Gasteiger partial charge in [-0.2, -0.15) is 0 Å². The molecule has 0 saturated heterocycles. The van der Waals surface area contributed by atoms with Crippen molar-refractivity contribution < 1.29 is 4.79 Å². The predicted molar refractivity (Wildman–Crippen MR) is 104 cm³/mol. The lowest BCUT2D eigenvalue weighted by atomic mass is 10.0. The number of urea groups is 1. The number of rotatable bonds is 5. The standard InChI is InChI=1S/C21H27N3O/c1-14(2)17-6-4-16(5-7-17)13-24(19-9-10-19)21(25)23-18-8-11-20(22)15(3)12-18/h4-8,11-12,14,19H,9-10,13,22H2,1-3H3,(H,23,25). The number of aryl methyl sites for hydroxylation is 1. The molecule has 2 amide bonds. The Hall–Kier alpha value is -2.49. The Morgan fingerprint density at radius 1 is 1.20 bits per heavy atom. The molecule has 132 valence electrons. The SMILES string of the molecule is Cc1cc(NC(=O)N(Cc2ccc(C(C)C)cc2)C2CC2)ccc1N. The number of hydrogen-bond donors (Lipinski definition) is 2. The summed E-state index contributed by atoms with van der Waals surface area (Å²) in [6.45, 7) is 6.96. The zero-order valence-corrected chi connectivity index (χ0v) is 15.3. The molecule has 0 bridgehead atoms. The van der Waals surface area contributed by atoms with Gasteiger partial charge >= 0.3 is 6.03 Å². The lowest BCUT2D eigenvalue weighted by Gasteiger charge is -2.23. The fraction of sp³-hybridized carbons (Fsp3) is 0.381. The van der Waals surface area contributed by atoms with Gasteiger partial charge in [0.2, 0.25) is 0 Å². The van der Waals surface area contributed by atoms with Crippen molar-refractivity contribution in [3.63, 3.8) is 0 Å². The third-order valence-corrected chi connectivity index (χ3v) is 4.77. The quantitative estimate of drug-likeness (QED) is 0.763. The van der Waals surface area contributed by atoms with Crippen LogP contribution in [0.4, 0.5) is 16.2 Å². The van der Waals surface area contributed by atoms with Crippen molar-refractivity contribution in [2.45, 2.75) is 52.1 Å². The second-order valence-electron chi connectivity index (χ2n) is 7.26. The summed E-state index contributed by atoms with van der Waals surface area (Å²) in [6.07, 6.45) is 2.16. The Morgan fingerprint density at radius 2 is 1.88 bits per heavy atom. The topological polar surface area (TPSA) is 58.4 Å². The molecule has 0 radical (unpaired) electrons. The van der Waals surface area contributed by atoms with Crippen LogP contribution in [-0.2, 0) is 6.54 Å². The fourth-order valence-corrected chi connectivity index (χ4v) is 2.91. The van der Waals surface area contributed by atoms with E-state index in [1.165, 1.54) is 11.1 Å². The van der Waals surface area contributed by atoms with Crippen LogP contribution in [0.1, 0.15) is 49.3 Å². The largest absolute Gasteiger partial charge is 0.399 e. The van der Waals surface area contributed by atoms with Crippen LogP contribution in [0.25, 0.3) is 0 Å². The molecule has 0 atom stereocenters. The molecule has 0 unspecified atom stereocenters. The Bertz CT molecular complexity index is 748. The molecule has 0 aromatic heterocycles. The summed E-state index contributed by atoms with van der Waals surface area (Å²) in [6, 6.07) is 14.5. The Labute approximate surface area is 150 Å². The van der Waals surface area contributed by atoms with Crippen LogP contribution in [0, 0.1) is 6.92 Å². The molecule has 25 heavy (non-hydrogen) atoms. The lowest BCUT2D eigenvalue weighted by Crippen LogP contribution is -2.36. The monoisotopic (exact) mass is 337 g/mol. The Morgan fingerprint density at radius 3 is 2.44 bits per heavy atom. The molecule has 3 rings (SSSR count). The van der Waals surface area contributed by atoms with E-state index in [4.69, 9.17) is 5.73 Å². The average molecular weight is 337 g/mol. The van der Waals surface area contributed by atoms with Crippen molar-refractivity contribution in [2.75, 3.05) is 11.1 Å². The van der Waals surface area contributed by atoms with E-state index >= 15 is 0 Å². The van der Waals surface area contributed by atoms with Gasteiger partial charge in [-0.15, -0.1) is 0 Å². The molecule has 2 aromatic carbocycles. The van der Waals surface area contributed by atoms with Crippen molar-refractivity contribution in [1.29, 1.82) is 0 Å². The van der Waals surface area contributed by atoms with Crippen LogP contribution >= 0.6 is 0 Å². The van der Waals surface area contributed by atoms with Gasteiger partial charge in [0.05, 0.1) is 0 Å². The van der Waals surface area contributed by atoms with Crippen LogP contribution in [0.15, 0.2) is 42.5 Å². The molecule has 4 nitrogen and oxygen atoms in total. The van der Waals surface area contributed by atoms with Gasteiger partial charge in [0.15, 0.2) is 0 Å². The molecule has 4 heteroatoms. The van der Waals surface area contributed by atoms with Crippen LogP contribution < -0.4 is 11.1 Å². The van der Waals surface area contributed by atoms with Crippen LogP contribution in [-0.4, -0.2) is 17.0 Å². The zero-order chi connectivity index (χ0) is 18.0. The van der Waals surface area contributed by atoms with Gasteiger partial charge in [-0.3, -0.25) is 0 Å². The number of nitrogens with two attached hydrogens (primary N) is 1. The maximum atomic E-state index is 12.8. The van der Waals surface area contributed by atoms with Gasteiger partial charge in [-0.25, -0.2) is 4.79 Å². The molecule has 0 aliphatic heterocycles. The van der Waals surface area contributed by atoms with Gasteiger partial charge < -0.3 is 16.0 Å². The first-order valence-electron chi connectivity index (χ1n) is 8.96. The second-order valence-corrected chi connectivity index (χ2v) is 7.26. The van der Waals surface area contributed by atoms with Crippen molar-refractivity contribution in [1.82, 2.24) is 4.90 Å². The maximum Gasteiger partial charge on any atom is 0.322 e. The number of benzene rings is 2. The fourth-order valence-electron chi connectivity index (χ4n) is 2.91. The van der Waals surface area contributed by atoms with Crippen molar-refractivity contribution in [3.8, 4) is 0 Å². The highest BCUT2D eigenvalue weighted by Gasteiger charge is 2.32. The van der Waals surface area contributed by atoms with Crippen LogP contribution in [0.5, 0.6) is 0 Å². The maximum absolute atomic E-state index is 12.8. The van der Waals surface area contributed by atoms with E-state index in [1.807, 2.05) is 30.0 Å². The second kappa shape index (κ2) is 7.18. The first-order chi connectivity index (χ1) is 11.9. The number of nitrogens with zero attached hydrogens (tertiary/aromatic N) is 1. The van der Waals surface area contributed by atoms with E-state index in [9.17, 15) is 4.79 Å². The van der Waals surface area contributed by atoms with E-state index < -0.39 is 0 Å². The molecule has 1 aliphatic carbocycles. The minimum Gasteiger partial charge on any atom is -0.399 e. The van der Waals surface area contributed by atoms with Crippen molar-refractivity contribution >= 4 is 17.4 Å². The predicted octanol–water partition coefficient (Wildman–Crippen LogP) is 4.90. The van der Waals surface area contributed by atoms with Crippen LogP contribution in [0.2, 0.25) is 0 Å². The van der Waals surface area contributed by atoms with Crippen molar-refractivity contribution in [2.24, 2.45) is 0 Å². The summed E-state index contributed by atoms with van der Waals surface area (Å²) < 4.78 is 0. The number of carbonyl (C=O) groups is 1. The first-order valence-corrected chi connectivity index (χ1v) is 8.96. The summed E-state index contributed by atoms with van der Waals surface area (Å²) in [5, 5.41) is 3.01. The number of amides is 2. The number of anilines is 2. The summed E-state index contributed by atoms with van der Waals surface area (Å²) in [7, 11) is 0. The molecule has 1 aliphatic rings. The molecule has 1 fully saturated rings. The normalized spacial score (nSPS) is 13.8. The number of nitrogen functional groups attached to an aromatic ring is 1. The zero-order valence-electron chi connectivity index (χ0n) is 15.3. The number of hydrogen-bond acceptors (Lipinski definition) is 2. The third kappa shape index (κ3) is 4.32. The average Bonchev–Trinajstić information content (AvgIpc) is 3.41. The van der Waals surface area contributed by atoms with E-state index in [0.717, 1.165) is 29.8 Å². The summed E-state index contributed by atoms with van der Waals surface area (Å²) in [5.41, 5.74) is 10.8.